The zero-order chi connectivity index (χ0) is 11.7. The van der Waals surface area contributed by atoms with Crippen LogP contribution in [-0.4, -0.2) is 46.4 Å². The molecule has 0 unspecified atom stereocenters. The molecule has 0 rings (SSSR count). The average molecular weight is 239 g/mol. The number of carbonyl (C=O) groups excluding carboxylic acids is 1. The maximum atomic E-state index is 11.2. The van der Waals surface area contributed by atoms with E-state index in [0.717, 1.165) is 0 Å². The fraction of sp³-hybridized carbons (Fsp3) is 0.857. The zero-order valence-corrected chi connectivity index (χ0v) is 9.26. The third kappa shape index (κ3) is 9.60. The topological polar surface area (TPSA) is 125 Å². The Morgan fingerprint density at radius 1 is 1.40 bits per heavy atom. The summed E-state index contributed by atoms with van der Waals surface area (Å²) in [6.45, 7) is 0.370. The molecule has 8 heteroatoms. The molecule has 0 saturated heterocycles. The van der Waals surface area contributed by atoms with Gasteiger partial charge < -0.3 is 16.2 Å². The van der Waals surface area contributed by atoms with E-state index in [1.165, 1.54) is 0 Å². The lowest BCUT2D eigenvalue weighted by Crippen LogP contribution is -2.31. The van der Waals surface area contributed by atoms with Crippen LogP contribution in [0.3, 0.4) is 0 Å². The van der Waals surface area contributed by atoms with Crippen LogP contribution in [0.1, 0.15) is 6.42 Å². The molecule has 0 aromatic rings. The van der Waals surface area contributed by atoms with Crippen LogP contribution in [0.15, 0.2) is 0 Å². The van der Waals surface area contributed by atoms with Crippen molar-refractivity contribution in [2.45, 2.75) is 6.42 Å². The highest BCUT2D eigenvalue weighted by Crippen LogP contribution is 1.87. The van der Waals surface area contributed by atoms with Gasteiger partial charge in [-0.1, -0.05) is 0 Å². The third-order valence-electron chi connectivity index (χ3n) is 1.43. The third-order valence-corrected chi connectivity index (χ3v) is 2.90. The molecule has 5 N–H and O–H groups in total. The normalized spacial score (nSPS) is 11.5. The average Bonchev–Trinajstić information content (AvgIpc) is 2.14. The van der Waals surface area contributed by atoms with E-state index in [4.69, 9.17) is 16.2 Å². The number of ether oxygens (including phenoxy) is 1. The Morgan fingerprint density at radius 3 is 2.60 bits per heavy atom. The Morgan fingerprint density at radius 2 is 2.07 bits per heavy atom. The summed E-state index contributed by atoms with van der Waals surface area (Å²) in [6.07, 6.45) is 0.414. The lowest BCUT2D eigenvalue weighted by atomic mass is 10.5. The van der Waals surface area contributed by atoms with Crippen molar-refractivity contribution in [2.24, 2.45) is 11.5 Å². The molecule has 0 radical (unpaired) electrons. The van der Waals surface area contributed by atoms with Gasteiger partial charge in [0.25, 0.3) is 0 Å². The van der Waals surface area contributed by atoms with Gasteiger partial charge in [0.05, 0.1) is 12.4 Å². The van der Waals surface area contributed by atoms with Crippen molar-refractivity contribution in [3.05, 3.63) is 0 Å². The molecule has 0 spiro atoms. The molecule has 0 aromatic heterocycles. The van der Waals surface area contributed by atoms with Gasteiger partial charge in [-0.3, -0.25) is 4.79 Å². The van der Waals surface area contributed by atoms with Crippen LogP contribution in [0.5, 0.6) is 0 Å². The van der Waals surface area contributed by atoms with E-state index in [1.54, 1.807) is 0 Å². The van der Waals surface area contributed by atoms with E-state index in [0.29, 0.717) is 13.0 Å². The number of nitrogens with one attached hydrogen (secondary N) is 1. The first kappa shape index (κ1) is 14.3. The smallest absolute Gasteiger partial charge is 0.243 e. The standard InChI is InChI=1S/C7H17N3O4S/c8-2-1-5-15(12,13)10-3-4-14-6-7(9)11/h10H,1-6,8H2,(H2,9,11). The van der Waals surface area contributed by atoms with Crippen LogP contribution in [0.2, 0.25) is 0 Å². The Kier molecular flexibility index (Phi) is 7.22. The Hall–Kier alpha value is -0.700. The van der Waals surface area contributed by atoms with Gasteiger partial charge in [0.2, 0.25) is 15.9 Å². The van der Waals surface area contributed by atoms with Gasteiger partial charge >= 0.3 is 0 Å². The fourth-order valence-corrected chi connectivity index (χ4v) is 1.87. The Bertz CT molecular complexity index is 278. The molecule has 0 aliphatic rings. The first-order valence-electron chi connectivity index (χ1n) is 4.51. The lowest BCUT2D eigenvalue weighted by Gasteiger charge is -2.05. The zero-order valence-electron chi connectivity index (χ0n) is 8.44. The summed E-state index contributed by atoms with van der Waals surface area (Å²) < 4.78 is 29.4. The minimum Gasteiger partial charge on any atom is -0.370 e. The molecule has 0 aliphatic carbocycles. The van der Waals surface area contributed by atoms with Crippen molar-refractivity contribution >= 4 is 15.9 Å². The van der Waals surface area contributed by atoms with Crippen molar-refractivity contribution in [1.29, 1.82) is 0 Å². The number of nitrogens with two attached hydrogens (primary N) is 2. The van der Waals surface area contributed by atoms with Gasteiger partial charge in [-0.2, -0.15) is 0 Å². The summed E-state index contributed by atoms with van der Waals surface area (Å²) in [5.74, 6) is -0.583. The van der Waals surface area contributed by atoms with Gasteiger partial charge in [0, 0.05) is 6.54 Å². The molecule has 0 saturated carbocycles. The summed E-state index contributed by atoms with van der Waals surface area (Å²) in [7, 11) is -3.27. The maximum Gasteiger partial charge on any atom is 0.243 e. The number of sulfonamides is 1. The van der Waals surface area contributed by atoms with Crippen LogP contribution in [0, 0.1) is 0 Å². The largest absolute Gasteiger partial charge is 0.370 e. The molecule has 0 aliphatic heterocycles. The molecule has 90 valence electrons. The SMILES string of the molecule is NCCCS(=O)(=O)NCCOCC(N)=O. The number of rotatable bonds is 9. The Balaban J connectivity index is 3.53. The lowest BCUT2D eigenvalue weighted by molar-refractivity contribution is -0.122. The predicted octanol–water partition coefficient (Wildman–Crippen LogP) is -2.24. The van der Waals surface area contributed by atoms with Crippen LogP contribution in [0.25, 0.3) is 0 Å². The Labute approximate surface area is 89.2 Å². The first-order valence-corrected chi connectivity index (χ1v) is 6.16. The van der Waals surface area contributed by atoms with E-state index in [1.807, 2.05) is 0 Å². The van der Waals surface area contributed by atoms with Crippen LogP contribution in [-0.2, 0) is 19.6 Å². The first-order chi connectivity index (χ1) is 6.98. The molecule has 0 aromatic carbocycles. The molecule has 0 heterocycles. The van der Waals surface area contributed by atoms with Gasteiger partial charge in [0.15, 0.2) is 0 Å². The van der Waals surface area contributed by atoms with Crippen LogP contribution < -0.4 is 16.2 Å². The summed E-state index contributed by atoms with van der Waals surface area (Å²) in [5.41, 5.74) is 9.99. The molecule has 1 amide bonds. The van der Waals surface area contributed by atoms with Crippen molar-refractivity contribution in [3.63, 3.8) is 0 Å². The molecular weight excluding hydrogens is 222 g/mol. The molecule has 0 atom stereocenters. The van der Waals surface area contributed by atoms with Gasteiger partial charge in [-0.15, -0.1) is 0 Å². The minimum atomic E-state index is -3.27. The quantitative estimate of drug-likeness (QED) is 0.392. The van der Waals surface area contributed by atoms with Crippen LogP contribution >= 0.6 is 0 Å². The molecular formula is C7H17N3O4S. The summed E-state index contributed by atoms with van der Waals surface area (Å²) >= 11 is 0. The number of carbonyl (C=O) groups is 1. The number of amides is 1. The second kappa shape index (κ2) is 7.57. The summed E-state index contributed by atoms with van der Waals surface area (Å²) in [5, 5.41) is 0. The van der Waals surface area contributed by atoms with E-state index < -0.39 is 15.9 Å². The predicted molar refractivity (Wildman–Crippen MR) is 55.5 cm³/mol. The minimum absolute atomic E-state index is 0.000675. The highest BCUT2D eigenvalue weighted by molar-refractivity contribution is 7.89. The van der Waals surface area contributed by atoms with E-state index >= 15 is 0 Å². The molecule has 15 heavy (non-hydrogen) atoms. The summed E-state index contributed by atoms with van der Waals surface area (Å²) in [6, 6.07) is 0. The van der Waals surface area contributed by atoms with Gasteiger partial charge in [0.1, 0.15) is 6.61 Å². The van der Waals surface area contributed by atoms with E-state index in [-0.39, 0.29) is 25.5 Å². The monoisotopic (exact) mass is 239 g/mol. The van der Waals surface area contributed by atoms with Crippen molar-refractivity contribution in [3.8, 4) is 0 Å². The highest BCUT2D eigenvalue weighted by Gasteiger charge is 2.07. The van der Waals surface area contributed by atoms with Gasteiger partial charge in [-0.05, 0) is 13.0 Å². The second-order valence-electron chi connectivity index (χ2n) is 2.87. The molecule has 7 nitrogen and oxygen atoms in total. The number of hydrogen-bond acceptors (Lipinski definition) is 5. The number of hydrogen-bond donors (Lipinski definition) is 3. The van der Waals surface area contributed by atoms with Crippen molar-refractivity contribution in [1.82, 2.24) is 4.72 Å². The van der Waals surface area contributed by atoms with Gasteiger partial charge in [-0.25, -0.2) is 13.1 Å². The molecule has 0 bridgehead atoms. The maximum absolute atomic E-state index is 11.2. The van der Waals surface area contributed by atoms with E-state index in [2.05, 4.69) is 4.72 Å². The highest BCUT2D eigenvalue weighted by atomic mass is 32.2. The molecule has 0 fully saturated rings. The van der Waals surface area contributed by atoms with E-state index in [9.17, 15) is 13.2 Å². The van der Waals surface area contributed by atoms with Crippen molar-refractivity contribution < 1.29 is 17.9 Å². The van der Waals surface area contributed by atoms with Crippen molar-refractivity contribution in [2.75, 3.05) is 32.1 Å². The summed E-state index contributed by atoms with van der Waals surface area (Å²) in [4.78, 5) is 10.2. The van der Waals surface area contributed by atoms with Crippen LogP contribution in [0.4, 0.5) is 0 Å². The fourth-order valence-electron chi connectivity index (χ4n) is 0.788. The number of primary amides is 1. The second-order valence-corrected chi connectivity index (χ2v) is 4.80.